The normalized spacial score (nSPS) is 17.8. The number of H-pyrrole nitrogens is 1. The van der Waals surface area contributed by atoms with E-state index >= 15 is 0 Å². The molecule has 2 aromatic carbocycles. The van der Waals surface area contributed by atoms with Gasteiger partial charge in [0.2, 0.25) is 5.91 Å². The smallest absolute Gasteiger partial charge is 0.255 e. The van der Waals surface area contributed by atoms with Gasteiger partial charge in [0.1, 0.15) is 5.82 Å². The Morgan fingerprint density at radius 3 is 2.63 bits per heavy atom. The summed E-state index contributed by atoms with van der Waals surface area (Å²) in [4.78, 5) is 37.3. The van der Waals surface area contributed by atoms with Crippen molar-refractivity contribution in [2.24, 2.45) is 0 Å². The molecular formula is C23H23ClN4O2. The van der Waals surface area contributed by atoms with E-state index in [0.29, 0.717) is 48.2 Å². The van der Waals surface area contributed by atoms with Gasteiger partial charge < -0.3 is 14.8 Å². The lowest BCUT2D eigenvalue weighted by atomic mass is 9.95. The van der Waals surface area contributed by atoms with Crippen molar-refractivity contribution >= 4 is 40.1 Å². The molecule has 3 aromatic rings. The number of carbonyl (C=O) groups is 2. The van der Waals surface area contributed by atoms with Gasteiger partial charge in [-0.3, -0.25) is 9.59 Å². The topological polar surface area (TPSA) is 69.3 Å². The Labute approximate surface area is 179 Å². The molecule has 1 N–H and O–H groups in total. The molecule has 30 heavy (non-hydrogen) atoms. The molecule has 2 aliphatic rings. The minimum absolute atomic E-state index is 0.0376. The summed E-state index contributed by atoms with van der Waals surface area (Å²) in [6, 6.07) is 13.2. The third-order valence-corrected chi connectivity index (χ3v) is 6.37. The maximum atomic E-state index is 13.3. The van der Waals surface area contributed by atoms with Crippen LogP contribution in [0.2, 0.25) is 5.02 Å². The number of hydrogen-bond acceptors (Lipinski definition) is 3. The third-order valence-electron chi connectivity index (χ3n) is 6.13. The highest BCUT2D eigenvalue weighted by molar-refractivity contribution is 6.31. The Morgan fingerprint density at radius 1 is 1.10 bits per heavy atom. The van der Waals surface area contributed by atoms with Gasteiger partial charge in [0, 0.05) is 37.0 Å². The molecule has 0 radical (unpaired) electrons. The van der Waals surface area contributed by atoms with Gasteiger partial charge in [-0.2, -0.15) is 0 Å². The maximum Gasteiger partial charge on any atom is 0.255 e. The molecule has 2 aliphatic heterocycles. The van der Waals surface area contributed by atoms with Gasteiger partial charge in [-0.05, 0) is 49.6 Å². The predicted octanol–water partition coefficient (Wildman–Crippen LogP) is 4.36. The lowest BCUT2D eigenvalue weighted by molar-refractivity contribution is -0.117. The van der Waals surface area contributed by atoms with Gasteiger partial charge in [-0.15, -0.1) is 0 Å². The number of anilines is 1. The van der Waals surface area contributed by atoms with Crippen molar-refractivity contribution in [3.63, 3.8) is 0 Å². The summed E-state index contributed by atoms with van der Waals surface area (Å²) in [6.07, 6.45) is 3.04. The highest BCUT2D eigenvalue weighted by atomic mass is 35.5. The first-order valence-corrected chi connectivity index (χ1v) is 10.8. The molecule has 0 aliphatic carbocycles. The second-order valence-corrected chi connectivity index (χ2v) is 8.45. The average Bonchev–Trinajstić information content (AvgIpc) is 3.39. The Balaban J connectivity index is 1.33. The fourth-order valence-electron chi connectivity index (χ4n) is 4.50. The number of hydrogen-bond donors (Lipinski definition) is 1. The lowest BCUT2D eigenvalue weighted by Gasteiger charge is -2.32. The quantitative estimate of drug-likeness (QED) is 0.681. The van der Waals surface area contributed by atoms with Crippen molar-refractivity contribution in [1.29, 1.82) is 0 Å². The van der Waals surface area contributed by atoms with E-state index in [1.54, 1.807) is 23.1 Å². The van der Waals surface area contributed by atoms with E-state index in [-0.39, 0.29) is 11.8 Å². The van der Waals surface area contributed by atoms with Crippen LogP contribution in [0.25, 0.3) is 11.0 Å². The number of nitrogens with zero attached hydrogens (tertiary/aromatic N) is 3. The third kappa shape index (κ3) is 3.45. The first kappa shape index (κ1) is 19.1. The summed E-state index contributed by atoms with van der Waals surface area (Å²) in [7, 11) is 0. The molecular weight excluding hydrogens is 400 g/mol. The van der Waals surface area contributed by atoms with E-state index in [9.17, 15) is 9.59 Å². The molecule has 3 heterocycles. The molecule has 0 atom stereocenters. The number of rotatable bonds is 3. The van der Waals surface area contributed by atoms with E-state index in [0.717, 1.165) is 36.1 Å². The van der Waals surface area contributed by atoms with Crippen LogP contribution in [0, 0.1) is 0 Å². The largest absolute Gasteiger partial charge is 0.342 e. The number of likely N-dealkylation sites (tertiary alicyclic amines) is 1. The number of para-hydroxylation sites is 2. The van der Waals surface area contributed by atoms with Crippen molar-refractivity contribution in [2.45, 2.75) is 31.6 Å². The number of halogens is 1. The van der Waals surface area contributed by atoms with Crippen LogP contribution >= 0.6 is 11.6 Å². The summed E-state index contributed by atoms with van der Waals surface area (Å²) >= 11 is 6.18. The molecule has 5 rings (SSSR count). The van der Waals surface area contributed by atoms with E-state index in [2.05, 4.69) is 4.98 Å². The van der Waals surface area contributed by atoms with Crippen LogP contribution in [0.5, 0.6) is 0 Å². The Hall–Kier alpha value is -2.86. The van der Waals surface area contributed by atoms with Crippen LogP contribution in [0.15, 0.2) is 42.5 Å². The van der Waals surface area contributed by atoms with Crippen LogP contribution in [0.1, 0.15) is 47.8 Å². The molecule has 0 unspecified atom stereocenters. The molecule has 2 amide bonds. The number of piperidine rings is 1. The van der Waals surface area contributed by atoms with E-state index in [1.165, 1.54) is 0 Å². The van der Waals surface area contributed by atoms with E-state index in [4.69, 9.17) is 16.6 Å². The summed E-state index contributed by atoms with van der Waals surface area (Å²) in [5, 5.41) is 0.532. The van der Waals surface area contributed by atoms with E-state index in [1.807, 2.05) is 29.2 Å². The van der Waals surface area contributed by atoms with Gasteiger partial charge in [0.15, 0.2) is 0 Å². The van der Waals surface area contributed by atoms with E-state index < -0.39 is 0 Å². The van der Waals surface area contributed by atoms with Gasteiger partial charge in [0.25, 0.3) is 5.91 Å². The highest BCUT2D eigenvalue weighted by Gasteiger charge is 2.30. The number of aromatic nitrogens is 2. The molecule has 154 valence electrons. The average molecular weight is 423 g/mol. The molecule has 2 saturated heterocycles. The van der Waals surface area contributed by atoms with Crippen LogP contribution in [0.3, 0.4) is 0 Å². The molecule has 2 fully saturated rings. The zero-order valence-electron chi connectivity index (χ0n) is 16.6. The number of imidazole rings is 1. The number of nitrogens with one attached hydrogen (secondary N) is 1. The minimum atomic E-state index is -0.0376. The summed E-state index contributed by atoms with van der Waals surface area (Å²) < 4.78 is 0. The molecule has 6 nitrogen and oxygen atoms in total. The number of carbonyl (C=O) groups excluding carboxylic acids is 2. The van der Waals surface area contributed by atoms with Crippen LogP contribution < -0.4 is 4.90 Å². The number of fused-ring (bicyclic) bond motifs is 1. The maximum absolute atomic E-state index is 13.3. The first-order valence-electron chi connectivity index (χ1n) is 10.4. The van der Waals surface area contributed by atoms with Crippen molar-refractivity contribution in [1.82, 2.24) is 14.9 Å². The van der Waals surface area contributed by atoms with Crippen LogP contribution in [-0.2, 0) is 4.79 Å². The van der Waals surface area contributed by atoms with Crippen molar-refractivity contribution in [3.05, 3.63) is 58.9 Å². The zero-order valence-corrected chi connectivity index (χ0v) is 17.4. The molecule has 1 aromatic heterocycles. The predicted molar refractivity (Wildman–Crippen MR) is 117 cm³/mol. The number of benzene rings is 2. The monoisotopic (exact) mass is 422 g/mol. The molecule has 7 heteroatoms. The summed E-state index contributed by atoms with van der Waals surface area (Å²) in [5.41, 5.74) is 3.21. The van der Waals surface area contributed by atoms with Crippen molar-refractivity contribution in [3.8, 4) is 0 Å². The van der Waals surface area contributed by atoms with Crippen LogP contribution in [-0.4, -0.2) is 46.3 Å². The van der Waals surface area contributed by atoms with Gasteiger partial charge >= 0.3 is 0 Å². The second kappa shape index (κ2) is 7.76. The number of amides is 2. The minimum Gasteiger partial charge on any atom is -0.342 e. The summed E-state index contributed by atoms with van der Waals surface area (Å²) in [5.74, 6) is 1.32. The van der Waals surface area contributed by atoms with Crippen molar-refractivity contribution in [2.75, 3.05) is 24.5 Å². The fraction of sp³-hybridized carbons (Fsp3) is 0.348. The first-order chi connectivity index (χ1) is 14.6. The SMILES string of the molecule is O=C(c1ccc(Cl)cc1N1CCCC1=O)N1CCC(c2nc3ccccc3[nH]2)CC1. The van der Waals surface area contributed by atoms with Gasteiger partial charge in [0.05, 0.1) is 22.3 Å². The Kier molecular flexibility index (Phi) is 4.95. The Bertz CT molecular complexity index is 1080. The molecule has 0 bridgehead atoms. The molecule has 0 spiro atoms. The highest BCUT2D eigenvalue weighted by Crippen LogP contribution is 2.32. The fourth-order valence-corrected chi connectivity index (χ4v) is 4.67. The van der Waals surface area contributed by atoms with Crippen molar-refractivity contribution < 1.29 is 9.59 Å². The standard InChI is InChI=1S/C23H23ClN4O2/c24-16-7-8-17(20(14-16)28-11-3-6-21(28)29)23(30)27-12-9-15(10-13-27)22-25-18-4-1-2-5-19(18)26-22/h1-2,4-5,7-8,14-15H,3,6,9-13H2,(H,25,26). The Morgan fingerprint density at radius 2 is 1.90 bits per heavy atom. The van der Waals surface area contributed by atoms with Gasteiger partial charge in [-0.25, -0.2) is 4.98 Å². The summed E-state index contributed by atoms with van der Waals surface area (Å²) in [6.45, 7) is 1.96. The number of aromatic amines is 1. The second-order valence-electron chi connectivity index (χ2n) is 8.02. The lowest BCUT2D eigenvalue weighted by Crippen LogP contribution is -2.39. The molecule has 0 saturated carbocycles. The zero-order chi connectivity index (χ0) is 20.7. The van der Waals surface area contributed by atoms with Crippen LogP contribution in [0.4, 0.5) is 5.69 Å². The van der Waals surface area contributed by atoms with Gasteiger partial charge in [-0.1, -0.05) is 23.7 Å².